The van der Waals surface area contributed by atoms with Crippen molar-refractivity contribution in [1.82, 2.24) is 4.90 Å². The van der Waals surface area contributed by atoms with E-state index in [4.69, 9.17) is 4.74 Å². The molecule has 0 aliphatic carbocycles. The molecule has 1 aromatic rings. The number of carboxylic acid groups (broad SMARTS) is 1. The van der Waals surface area contributed by atoms with Gasteiger partial charge in [-0.05, 0) is 51.3 Å². The maximum absolute atomic E-state index is 12.6. The zero-order chi connectivity index (χ0) is 19.5. The number of hydrogen-bond donors (Lipinski definition) is 1. The molecule has 26 heavy (non-hydrogen) atoms. The van der Waals surface area contributed by atoms with Crippen LogP contribution in [0.15, 0.2) is 24.3 Å². The van der Waals surface area contributed by atoms with E-state index in [2.05, 4.69) is 18.7 Å². The number of aromatic carboxylic acids is 1. The highest BCUT2D eigenvalue weighted by atomic mass is 16.6. The molecule has 1 atom stereocenters. The zero-order valence-corrected chi connectivity index (χ0v) is 16.4. The van der Waals surface area contributed by atoms with Gasteiger partial charge >= 0.3 is 12.1 Å². The summed E-state index contributed by atoms with van der Waals surface area (Å²) >= 11 is 0. The zero-order valence-electron chi connectivity index (χ0n) is 16.4. The van der Waals surface area contributed by atoms with Crippen molar-refractivity contribution < 1.29 is 19.4 Å². The Hall–Kier alpha value is -2.24. The van der Waals surface area contributed by atoms with Gasteiger partial charge in [0.1, 0.15) is 5.60 Å². The van der Waals surface area contributed by atoms with Crippen LogP contribution in [0.5, 0.6) is 0 Å². The maximum Gasteiger partial charge on any atom is 0.410 e. The van der Waals surface area contributed by atoms with Gasteiger partial charge < -0.3 is 19.6 Å². The van der Waals surface area contributed by atoms with E-state index in [1.54, 1.807) is 18.2 Å². The number of ether oxygens (including phenoxy) is 1. The van der Waals surface area contributed by atoms with Gasteiger partial charge in [0.2, 0.25) is 0 Å². The Kier molecular flexibility index (Phi) is 6.16. The predicted octanol–water partition coefficient (Wildman–Crippen LogP) is 3.86. The molecular formula is C20H30N2O4. The Morgan fingerprint density at radius 3 is 2.54 bits per heavy atom. The van der Waals surface area contributed by atoms with E-state index < -0.39 is 11.6 Å². The first-order valence-corrected chi connectivity index (χ1v) is 9.15. The summed E-state index contributed by atoms with van der Waals surface area (Å²) in [4.78, 5) is 27.8. The lowest BCUT2D eigenvalue weighted by molar-refractivity contribution is 0.0120. The molecule has 0 bridgehead atoms. The number of nitrogens with zero attached hydrogens (tertiary/aromatic N) is 2. The fourth-order valence-electron chi connectivity index (χ4n) is 3.23. The summed E-state index contributed by atoms with van der Waals surface area (Å²) in [5.74, 6) is -0.492. The highest BCUT2D eigenvalue weighted by Gasteiger charge is 2.33. The Morgan fingerprint density at radius 1 is 1.27 bits per heavy atom. The maximum atomic E-state index is 12.6. The van der Waals surface area contributed by atoms with Crippen molar-refractivity contribution in [2.45, 2.75) is 52.7 Å². The summed E-state index contributed by atoms with van der Waals surface area (Å²) in [5.41, 5.74) is 0.631. The van der Waals surface area contributed by atoms with Crippen molar-refractivity contribution in [3.05, 3.63) is 29.8 Å². The molecule has 0 aromatic heterocycles. The molecule has 1 aliphatic rings. The molecule has 1 aliphatic heterocycles. The fourth-order valence-corrected chi connectivity index (χ4v) is 3.23. The smallest absolute Gasteiger partial charge is 0.410 e. The quantitative estimate of drug-likeness (QED) is 0.881. The normalized spacial score (nSPS) is 18.2. The second kappa shape index (κ2) is 7.98. The molecule has 1 unspecified atom stereocenters. The summed E-state index contributed by atoms with van der Waals surface area (Å²) in [6.07, 6.45) is 0.594. The molecular weight excluding hydrogens is 332 g/mol. The van der Waals surface area contributed by atoms with Gasteiger partial charge in [-0.3, -0.25) is 0 Å². The predicted molar refractivity (Wildman–Crippen MR) is 102 cm³/mol. The van der Waals surface area contributed by atoms with E-state index >= 15 is 0 Å². The van der Waals surface area contributed by atoms with Crippen LogP contribution in [0.4, 0.5) is 10.5 Å². The Labute approximate surface area is 155 Å². The van der Waals surface area contributed by atoms with Crippen molar-refractivity contribution in [2.24, 2.45) is 5.92 Å². The number of carbonyl (C=O) groups is 2. The van der Waals surface area contributed by atoms with Crippen LogP contribution in [0.3, 0.4) is 0 Å². The number of amides is 1. The average molecular weight is 362 g/mol. The summed E-state index contributed by atoms with van der Waals surface area (Å²) in [5, 5.41) is 9.21. The minimum Gasteiger partial charge on any atom is -0.478 e. The van der Waals surface area contributed by atoms with Crippen molar-refractivity contribution in [2.75, 3.05) is 24.5 Å². The molecule has 1 saturated heterocycles. The molecule has 6 nitrogen and oxygen atoms in total. The third-order valence-corrected chi connectivity index (χ3v) is 4.31. The second-order valence-electron chi connectivity index (χ2n) is 8.26. The summed E-state index contributed by atoms with van der Waals surface area (Å²) < 4.78 is 5.57. The molecule has 2 rings (SSSR count). The minimum atomic E-state index is -0.932. The standard InChI is InChI=1S/C20H30N2O4/c1-14(2)11-17-13-21(16-8-6-7-15(12-16)18(23)24)9-10-22(17)19(25)26-20(3,4)5/h6-8,12,14,17H,9-11,13H2,1-5H3,(H,23,24). The van der Waals surface area contributed by atoms with Gasteiger partial charge in [-0.25, -0.2) is 9.59 Å². The summed E-state index contributed by atoms with van der Waals surface area (Å²) in [6, 6.07) is 7.00. The van der Waals surface area contributed by atoms with Crippen LogP contribution in [0.1, 0.15) is 51.4 Å². The molecule has 6 heteroatoms. The first-order valence-electron chi connectivity index (χ1n) is 9.15. The van der Waals surface area contributed by atoms with Crippen molar-refractivity contribution >= 4 is 17.7 Å². The molecule has 144 valence electrons. The highest BCUT2D eigenvalue weighted by Crippen LogP contribution is 2.25. The Balaban J connectivity index is 2.17. The van der Waals surface area contributed by atoms with E-state index in [-0.39, 0.29) is 17.7 Å². The van der Waals surface area contributed by atoms with Gasteiger partial charge in [0.25, 0.3) is 0 Å². The Bertz CT molecular complexity index is 651. The number of piperazine rings is 1. The SMILES string of the molecule is CC(C)CC1CN(c2cccc(C(=O)O)c2)CCN1C(=O)OC(C)(C)C. The van der Waals surface area contributed by atoms with E-state index in [0.29, 0.717) is 25.6 Å². The van der Waals surface area contributed by atoms with Gasteiger partial charge in [-0.15, -0.1) is 0 Å². The molecule has 0 radical (unpaired) electrons. The van der Waals surface area contributed by atoms with Crippen molar-refractivity contribution in [3.63, 3.8) is 0 Å². The minimum absolute atomic E-state index is 0.0343. The van der Waals surface area contributed by atoms with Crippen LogP contribution < -0.4 is 4.90 Å². The first kappa shape index (κ1) is 20.1. The molecule has 1 amide bonds. The van der Waals surface area contributed by atoms with E-state index in [1.807, 2.05) is 31.7 Å². The van der Waals surface area contributed by atoms with Crippen LogP contribution >= 0.6 is 0 Å². The number of carboxylic acids is 1. The van der Waals surface area contributed by atoms with Gasteiger partial charge in [-0.2, -0.15) is 0 Å². The number of rotatable bonds is 4. The van der Waals surface area contributed by atoms with Crippen LogP contribution in [0.2, 0.25) is 0 Å². The van der Waals surface area contributed by atoms with Gasteiger partial charge in [0, 0.05) is 25.3 Å². The lowest BCUT2D eigenvalue weighted by atomic mass is 9.99. The number of anilines is 1. The van der Waals surface area contributed by atoms with Crippen molar-refractivity contribution in [1.29, 1.82) is 0 Å². The van der Waals surface area contributed by atoms with Crippen LogP contribution in [0, 0.1) is 5.92 Å². The van der Waals surface area contributed by atoms with Crippen LogP contribution in [-0.4, -0.2) is 53.3 Å². The summed E-state index contributed by atoms with van der Waals surface area (Å²) in [7, 11) is 0. The molecule has 0 saturated carbocycles. The monoisotopic (exact) mass is 362 g/mol. The molecule has 1 N–H and O–H groups in total. The van der Waals surface area contributed by atoms with Gasteiger partial charge in [-0.1, -0.05) is 19.9 Å². The molecule has 1 aromatic carbocycles. The first-order chi connectivity index (χ1) is 12.1. The lowest BCUT2D eigenvalue weighted by Crippen LogP contribution is -2.56. The number of carbonyl (C=O) groups excluding carboxylic acids is 1. The fraction of sp³-hybridized carbons (Fsp3) is 0.600. The second-order valence-corrected chi connectivity index (χ2v) is 8.26. The van der Waals surface area contributed by atoms with Crippen LogP contribution in [0.25, 0.3) is 0 Å². The topological polar surface area (TPSA) is 70.1 Å². The van der Waals surface area contributed by atoms with Crippen LogP contribution in [-0.2, 0) is 4.74 Å². The molecule has 1 fully saturated rings. The molecule has 0 spiro atoms. The van der Waals surface area contributed by atoms with E-state index in [0.717, 1.165) is 12.1 Å². The third-order valence-electron chi connectivity index (χ3n) is 4.31. The van der Waals surface area contributed by atoms with E-state index in [1.165, 1.54) is 0 Å². The van der Waals surface area contributed by atoms with Crippen molar-refractivity contribution in [3.8, 4) is 0 Å². The average Bonchev–Trinajstić information content (AvgIpc) is 2.52. The summed E-state index contributed by atoms with van der Waals surface area (Å²) in [6.45, 7) is 11.8. The molecule has 1 heterocycles. The third kappa shape index (κ3) is 5.38. The largest absolute Gasteiger partial charge is 0.478 e. The lowest BCUT2D eigenvalue weighted by Gasteiger charge is -2.43. The van der Waals surface area contributed by atoms with Gasteiger partial charge in [0.15, 0.2) is 0 Å². The Morgan fingerprint density at radius 2 is 1.96 bits per heavy atom. The van der Waals surface area contributed by atoms with Gasteiger partial charge in [0.05, 0.1) is 11.6 Å². The number of benzene rings is 1. The number of hydrogen-bond acceptors (Lipinski definition) is 4. The van der Waals surface area contributed by atoms with E-state index in [9.17, 15) is 14.7 Å². The highest BCUT2D eigenvalue weighted by molar-refractivity contribution is 5.88.